The third-order valence-corrected chi connectivity index (χ3v) is 3.78. The molecule has 0 aliphatic carbocycles. The van der Waals surface area contributed by atoms with E-state index in [1.165, 1.54) is 0 Å². The van der Waals surface area contributed by atoms with Gasteiger partial charge in [-0.1, -0.05) is 18.2 Å². The fourth-order valence-corrected chi connectivity index (χ4v) is 2.80. The van der Waals surface area contributed by atoms with E-state index < -0.39 is 0 Å². The molecular formula is C14H20BrN5. The van der Waals surface area contributed by atoms with Crippen molar-refractivity contribution in [3.63, 3.8) is 0 Å². The molecule has 6 heteroatoms. The Morgan fingerprint density at radius 3 is 2.85 bits per heavy atom. The molecule has 2 rings (SSSR count). The van der Waals surface area contributed by atoms with Gasteiger partial charge in [-0.15, -0.1) is 5.10 Å². The third-order valence-electron chi connectivity index (χ3n) is 3.21. The summed E-state index contributed by atoms with van der Waals surface area (Å²) in [6.45, 7) is 3.14. The summed E-state index contributed by atoms with van der Waals surface area (Å²) in [6, 6.07) is 6.26. The quantitative estimate of drug-likeness (QED) is 0.843. The topological polar surface area (TPSA) is 55.6 Å². The number of nitrogens with zero attached hydrogens (tertiary/aromatic N) is 4. The molecule has 0 amide bonds. The van der Waals surface area contributed by atoms with Gasteiger partial charge in [-0.3, -0.25) is 4.98 Å². The Morgan fingerprint density at radius 2 is 2.25 bits per heavy atom. The largest absolute Gasteiger partial charge is 0.309 e. The Balaban J connectivity index is 2.08. The number of hydrogen-bond acceptors (Lipinski definition) is 4. The van der Waals surface area contributed by atoms with Gasteiger partial charge in [0, 0.05) is 18.9 Å². The molecule has 2 aromatic heterocycles. The molecule has 1 N–H and O–H groups in total. The van der Waals surface area contributed by atoms with Gasteiger partial charge < -0.3 is 5.32 Å². The molecule has 0 fully saturated rings. The first-order valence-electron chi connectivity index (χ1n) is 6.90. The van der Waals surface area contributed by atoms with Crippen molar-refractivity contribution in [2.45, 2.75) is 32.2 Å². The maximum atomic E-state index is 4.38. The van der Waals surface area contributed by atoms with E-state index in [0.29, 0.717) is 0 Å². The van der Waals surface area contributed by atoms with E-state index in [1.807, 2.05) is 30.1 Å². The van der Waals surface area contributed by atoms with Crippen molar-refractivity contribution in [2.75, 3.05) is 6.54 Å². The second-order valence-electron chi connectivity index (χ2n) is 4.76. The van der Waals surface area contributed by atoms with Crippen LogP contribution in [0.1, 0.15) is 37.2 Å². The molecule has 0 radical (unpaired) electrons. The fourth-order valence-electron chi connectivity index (χ4n) is 2.20. The summed E-state index contributed by atoms with van der Waals surface area (Å²) in [5.74, 6) is 0. The van der Waals surface area contributed by atoms with Gasteiger partial charge in [-0.05, 0) is 53.9 Å². The number of pyridine rings is 1. The van der Waals surface area contributed by atoms with Crippen LogP contribution in [0.3, 0.4) is 0 Å². The maximum Gasteiger partial charge on any atom is 0.153 e. The Bertz CT molecular complexity index is 506. The van der Waals surface area contributed by atoms with Crippen LogP contribution in [0.15, 0.2) is 29.0 Å². The molecule has 0 aliphatic rings. The number of hydrogen-bond donors (Lipinski definition) is 1. The summed E-state index contributed by atoms with van der Waals surface area (Å²) in [5, 5.41) is 11.7. The van der Waals surface area contributed by atoms with Gasteiger partial charge in [0.15, 0.2) is 4.60 Å². The molecule has 0 aliphatic heterocycles. The molecule has 1 atom stereocenters. The number of rotatable bonds is 7. The number of aryl methyl sites for hydroxylation is 2. The Kier molecular flexibility index (Phi) is 5.67. The van der Waals surface area contributed by atoms with Crippen LogP contribution in [0, 0.1) is 0 Å². The Hall–Kier alpha value is -1.27. The third kappa shape index (κ3) is 3.86. The summed E-state index contributed by atoms with van der Waals surface area (Å²) in [6.07, 6.45) is 4.84. The standard InChI is InChI=1S/C14H20BrN5/c1-3-9-17-12(13-14(15)18-19-20(13)2)8-7-11-6-4-5-10-16-11/h4-6,10,12,17H,3,7-9H2,1-2H3. The van der Waals surface area contributed by atoms with Crippen LogP contribution in [-0.2, 0) is 13.5 Å². The van der Waals surface area contributed by atoms with Gasteiger partial charge >= 0.3 is 0 Å². The lowest BCUT2D eigenvalue weighted by Crippen LogP contribution is -2.25. The Morgan fingerprint density at radius 1 is 1.40 bits per heavy atom. The molecule has 0 aromatic carbocycles. The average molecular weight is 338 g/mol. The van der Waals surface area contributed by atoms with Crippen molar-refractivity contribution < 1.29 is 0 Å². The summed E-state index contributed by atoms with van der Waals surface area (Å²) in [7, 11) is 1.93. The second kappa shape index (κ2) is 7.50. The van der Waals surface area contributed by atoms with E-state index in [-0.39, 0.29) is 6.04 Å². The Labute approximate surface area is 127 Å². The molecule has 2 heterocycles. The van der Waals surface area contributed by atoms with Crippen molar-refractivity contribution in [2.24, 2.45) is 7.05 Å². The van der Waals surface area contributed by atoms with Crippen LogP contribution in [0.2, 0.25) is 0 Å². The first-order valence-corrected chi connectivity index (χ1v) is 7.70. The predicted octanol–water partition coefficient (Wildman–Crippen LogP) is 2.65. The number of aromatic nitrogens is 4. The second-order valence-corrected chi connectivity index (χ2v) is 5.51. The zero-order chi connectivity index (χ0) is 14.4. The van der Waals surface area contributed by atoms with Crippen LogP contribution >= 0.6 is 15.9 Å². The highest BCUT2D eigenvalue weighted by Gasteiger charge is 2.19. The van der Waals surface area contributed by atoms with E-state index >= 15 is 0 Å². The molecule has 1 unspecified atom stereocenters. The highest BCUT2D eigenvalue weighted by molar-refractivity contribution is 9.10. The highest BCUT2D eigenvalue weighted by atomic mass is 79.9. The molecule has 0 saturated heterocycles. The van der Waals surface area contributed by atoms with Crippen molar-refractivity contribution in [1.82, 2.24) is 25.3 Å². The molecule has 20 heavy (non-hydrogen) atoms. The zero-order valence-electron chi connectivity index (χ0n) is 11.9. The lowest BCUT2D eigenvalue weighted by molar-refractivity contribution is 0.464. The zero-order valence-corrected chi connectivity index (χ0v) is 13.5. The van der Waals surface area contributed by atoms with Crippen molar-refractivity contribution in [1.29, 1.82) is 0 Å². The minimum absolute atomic E-state index is 0.228. The van der Waals surface area contributed by atoms with Crippen molar-refractivity contribution in [3.05, 3.63) is 40.4 Å². The first kappa shape index (κ1) is 15.1. The molecule has 0 bridgehead atoms. The maximum absolute atomic E-state index is 4.38. The summed E-state index contributed by atoms with van der Waals surface area (Å²) in [5.41, 5.74) is 2.21. The molecular weight excluding hydrogens is 318 g/mol. The minimum atomic E-state index is 0.228. The number of nitrogens with one attached hydrogen (secondary N) is 1. The van der Waals surface area contributed by atoms with E-state index in [4.69, 9.17) is 0 Å². The predicted molar refractivity (Wildman–Crippen MR) is 82.3 cm³/mol. The van der Waals surface area contributed by atoms with Gasteiger partial charge in [-0.2, -0.15) is 0 Å². The normalized spacial score (nSPS) is 12.6. The average Bonchev–Trinajstić information content (AvgIpc) is 2.80. The molecule has 5 nitrogen and oxygen atoms in total. The fraction of sp³-hybridized carbons (Fsp3) is 0.500. The van der Waals surface area contributed by atoms with Crippen LogP contribution in [0.5, 0.6) is 0 Å². The molecule has 2 aromatic rings. The van der Waals surface area contributed by atoms with Crippen LogP contribution in [0.25, 0.3) is 0 Å². The minimum Gasteiger partial charge on any atom is -0.309 e. The molecule has 108 valence electrons. The monoisotopic (exact) mass is 337 g/mol. The van der Waals surface area contributed by atoms with Gasteiger partial charge in [0.1, 0.15) is 0 Å². The van der Waals surface area contributed by atoms with Crippen LogP contribution in [-0.4, -0.2) is 26.5 Å². The van der Waals surface area contributed by atoms with Gasteiger partial charge in [-0.25, -0.2) is 4.68 Å². The van der Waals surface area contributed by atoms with E-state index in [0.717, 1.165) is 41.8 Å². The number of halogens is 1. The summed E-state index contributed by atoms with van der Waals surface area (Å²) in [4.78, 5) is 4.38. The van der Waals surface area contributed by atoms with Gasteiger partial charge in [0.25, 0.3) is 0 Å². The summed E-state index contributed by atoms with van der Waals surface area (Å²) < 4.78 is 2.64. The summed E-state index contributed by atoms with van der Waals surface area (Å²) >= 11 is 3.49. The lowest BCUT2D eigenvalue weighted by atomic mass is 10.1. The van der Waals surface area contributed by atoms with E-state index in [1.54, 1.807) is 0 Å². The van der Waals surface area contributed by atoms with E-state index in [9.17, 15) is 0 Å². The highest BCUT2D eigenvalue weighted by Crippen LogP contribution is 2.24. The molecule has 0 saturated carbocycles. The molecule has 0 spiro atoms. The van der Waals surface area contributed by atoms with Crippen molar-refractivity contribution in [3.8, 4) is 0 Å². The SMILES string of the molecule is CCCNC(CCc1ccccn1)c1c(Br)nnn1C. The van der Waals surface area contributed by atoms with E-state index in [2.05, 4.69) is 49.5 Å². The van der Waals surface area contributed by atoms with Gasteiger partial charge in [0.2, 0.25) is 0 Å². The first-order chi connectivity index (χ1) is 9.72. The smallest absolute Gasteiger partial charge is 0.153 e. The van der Waals surface area contributed by atoms with Gasteiger partial charge in [0.05, 0.1) is 11.7 Å². The lowest BCUT2D eigenvalue weighted by Gasteiger charge is -2.18. The van der Waals surface area contributed by atoms with Crippen LogP contribution < -0.4 is 5.32 Å². The van der Waals surface area contributed by atoms with Crippen LogP contribution in [0.4, 0.5) is 0 Å². The van der Waals surface area contributed by atoms with Crippen molar-refractivity contribution >= 4 is 15.9 Å².